The fourth-order valence-corrected chi connectivity index (χ4v) is 1.24. The van der Waals surface area contributed by atoms with E-state index in [1.54, 1.807) is 0 Å². The smallest absolute Gasteiger partial charge is 0.392 e. The molecule has 0 atom stereocenters. The minimum atomic E-state index is -4.23. The summed E-state index contributed by atoms with van der Waals surface area (Å²) >= 11 is 0. The molecule has 4 nitrogen and oxygen atoms in total. The molecule has 0 saturated carbocycles. The molecule has 1 rings (SSSR count). The largest absolute Gasteiger partial charge is 0.490 e. The number of rotatable bonds is 5. The topological polar surface area (TPSA) is 61.0 Å². The summed E-state index contributed by atoms with van der Waals surface area (Å²) in [7, 11) is 0. The first-order chi connectivity index (χ1) is 8.33. The van der Waals surface area contributed by atoms with E-state index in [9.17, 15) is 13.2 Å². The lowest BCUT2D eigenvalue weighted by molar-refractivity contribution is -0.139. The van der Waals surface area contributed by atoms with Crippen LogP contribution in [0.15, 0.2) is 6.20 Å². The van der Waals surface area contributed by atoms with E-state index >= 15 is 0 Å². The van der Waals surface area contributed by atoms with Gasteiger partial charge in [-0.15, -0.1) is 0 Å². The third-order valence-corrected chi connectivity index (χ3v) is 2.20. The molecule has 1 aromatic heterocycles. The number of nitrogens with zero attached hydrogens (tertiary/aromatic N) is 2. The second-order valence-electron chi connectivity index (χ2n) is 4.11. The van der Waals surface area contributed by atoms with Crippen LogP contribution in [0.2, 0.25) is 0 Å². The van der Waals surface area contributed by atoms with Gasteiger partial charge < -0.3 is 10.5 Å². The first-order valence-electron chi connectivity index (χ1n) is 5.59. The van der Waals surface area contributed by atoms with Crippen molar-refractivity contribution in [1.82, 2.24) is 9.97 Å². The highest BCUT2D eigenvalue weighted by Crippen LogP contribution is 2.22. The first-order valence-corrected chi connectivity index (χ1v) is 5.59. The summed E-state index contributed by atoms with van der Waals surface area (Å²) in [6, 6.07) is 0. The van der Waals surface area contributed by atoms with Gasteiger partial charge >= 0.3 is 6.18 Å². The summed E-state index contributed by atoms with van der Waals surface area (Å²) in [6.45, 7) is 3.48. The molecule has 102 valence electrons. The predicted octanol–water partition coefficient (Wildman–Crippen LogP) is 2.39. The number of nitrogens with two attached hydrogens (primary N) is 1. The molecule has 0 saturated heterocycles. The van der Waals surface area contributed by atoms with Crippen molar-refractivity contribution < 1.29 is 17.9 Å². The van der Waals surface area contributed by atoms with Crippen LogP contribution in [0, 0.1) is 0 Å². The molecule has 2 N–H and O–H groups in total. The number of hydrogen-bond acceptors (Lipinski definition) is 4. The highest BCUT2D eigenvalue weighted by atomic mass is 19.4. The highest BCUT2D eigenvalue weighted by Gasteiger charge is 2.27. The van der Waals surface area contributed by atoms with Gasteiger partial charge in [-0.2, -0.15) is 13.2 Å². The summed E-state index contributed by atoms with van der Waals surface area (Å²) in [5.41, 5.74) is 5.91. The van der Waals surface area contributed by atoms with Gasteiger partial charge in [-0.1, -0.05) is 13.8 Å². The van der Waals surface area contributed by atoms with Crippen LogP contribution in [-0.4, -0.2) is 22.8 Å². The van der Waals surface area contributed by atoms with Crippen LogP contribution in [-0.2, 0) is 6.54 Å². The zero-order valence-corrected chi connectivity index (χ0v) is 10.3. The Morgan fingerprint density at radius 2 is 2.06 bits per heavy atom. The molecular formula is C11H16F3N3O. The van der Waals surface area contributed by atoms with Crippen molar-refractivity contribution in [2.75, 3.05) is 6.61 Å². The highest BCUT2D eigenvalue weighted by molar-refractivity contribution is 5.25. The van der Waals surface area contributed by atoms with Crippen molar-refractivity contribution >= 4 is 0 Å². The Morgan fingerprint density at radius 1 is 1.39 bits per heavy atom. The molecule has 0 radical (unpaired) electrons. The Bertz CT molecular complexity index is 394. The normalized spacial score (nSPS) is 11.9. The molecule has 0 aliphatic heterocycles. The Hall–Kier alpha value is -1.37. The molecule has 0 aliphatic rings. The Labute approximate surface area is 103 Å². The lowest BCUT2D eigenvalue weighted by Crippen LogP contribution is -2.15. The zero-order chi connectivity index (χ0) is 13.8. The average molecular weight is 263 g/mol. The summed E-state index contributed by atoms with van der Waals surface area (Å²) in [4.78, 5) is 8.19. The molecule has 0 spiro atoms. The van der Waals surface area contributed by atoms with Crippen molar-refractivity contribution in [2.24, 2.45) is 5.73 Å². The molecule has 7 heteroatoms. The predicted molar refractivity (Wildman–Crippen MR) is 60.2 cm³/mol. The average Bonchev–Trinajstić information content (AvgIpc) is 2.27. The Kier molecular flexibility index (Phi) is 4.89. The van der Waals surface area contributed by atoms with Gasteiger partial charge in [0.2, 0.25) is 0 Å². The van der Waals surface area contributed by atoms with Crippen LogP contribution in [0.4, 0.5) is 13.2 Å². The molecule has 0 aliphatic carbocycles. The molecule has 1 aromatic rings. The number of halogens is 3. The van der Waals surface area contributed by atoms with Crippen molar-refractivity contribution in [3.63, 3.8) is 0 Å². The van der Waals surface area contributed by atoms with Crippen LogP contribution in [0.3, 0.4) is 0 Å². The lowest BCUT2D eigenvalue weighted by atomic mass is 10.2. The first kappa shape index (κ1) is 14.7. The summed E-state index contributed by atoms with van der Waals surface area (Å²) in [5.74, 6) is 0.935. The minimum absolute atomic E-state index is 0.101. The third-order valence-electron chi connectivity index (χ3n) is 2.20. The summed E-state index contributed by atoms with van der Waals surface area (Å²) < 4.78 is 40.9. The van der Waals surface area contributed by atoms with Crippen LogP contribution >= 0.6 is 0 Å². The molecule has 18 heavy (non-hydrogen) atoms. The SMILES string of the molecule is CC(C)c1ncc(OCCC(F)(F)F)c(CN)n1. The quantitative estimate of drug-likeness (QED) is 0.886. The molecule has 0 bridgehead atoms. The number of aromatic nitrogens is 2. The van der Waals surface area contributed by atoms with Gasteiger partial charge in [0, 0.05) is 12.5 Å². The summed E-state index contributed by atoms with van der Waals surface area (Å²) in [6.07, 6.45) is -3.87. The van der Waals surface area contributed by atoms with Gasteiger partial charge in [0.25, 0.3) is 0 Å². The van der Waals surface area contributed by atoms with E-state index in [2.05, 4.69) is 9.97 Å². The maximum absolute atomic E-state index is 12.0. The fraction of sp³-hybridized carbons (Fsp3) is 0.636. The van der Waals surface area contributed by atoms with Gasteiger partial charge in [-0.05, 0) is 0 Å². The maximum atomic E-state index is 12.0. The number of hydrogen-bond donors (Lipinski definition) is 1. The van der Waals surface area contributed by atoms with E-state index in [-0.39, 0.29) is 18.2 Å². The van der Waals surface area contributed by atoms with Gasteiger partial charge in [0.15, 0.2) is 5.75 Å². The van der Waals surface area contributed by atoms with Crippen LogP contribution in [0.1, 0.15) is 37.7 Å². The van der Waals surface area contributed by atoms with Crippen molar-refractivity contribution in [3.8, 4) is 5.75 Å². The van der Waals surface area contributed by atoms with Crippen molar-refractivity contribution in [1.29, 1.82) is 0 Å². The van der Waals surface area contributed by atoms with E-state index in [1.165, 1.54) is 6.20 Å². The van der Waals surface area contributed by atoms with E-state index in [0.29, 0.717) is 11.5 Å². The Morgan fingerprint density at radius 3 is 2.56 bits per heavy atom. The van der Waals surface area contributed by atoms with Crippen molar-refractivity contribution in [2.45, 2.75) is 38.9 Å². The standard InChI is InChI=1S/C11H16F3N3O/c1-7(2)10-16-6-9(8(5-15)17-10)18-4-3-11(12,13)14/h6-7H,3-5,15H2,1-2H3. The van der Waals surface area contributed by atoms with Crippen LogP contribution < -0.4 is 10.5 Å². The number of alkyl halides is 3. The lowest BCUT2D eigenvalue weighted by Gasteiger charge is -2.12. The van der Waals surface area contributed by atoms with Gasteiger partial charge in [-0.25, -0.2) is 9.97 Å². The van der Waals surface area contributed by atoms with Gasteiger partial charge in [0.1, 0.15) is 5.82 Å². The Balaban J connectivity index is 2.71. The van der Waals surface area contributed by atoms with E-state index in [1.807, 2.05) is 13.8 Å². The number of ether oxygens (including phenoxy) is 1. The molecule has 0 aromatic carbocycles. The monoisotopic (exact) mass is 263 g/mol. The molecule has 1 heterocycles. The molecule has 0 fully saturated rings. The zero-order valence-electron chi connectivity index (χ0n) is 10.3. The van der Waals surface area contributed by atoms with Crippen LogP contribution in [0.25, 0.3) is 0 Å². The fourth-order valence-electron chi connectivity index (χ4n) is 1.24. The molecule has 0 amide bonds. The van der Waals surface area contributed by atoms with Crippen molar-refractivity contribution in [3.05, 3.63) is 17.7 Å². The van der Waals surface area contributed by atoms with Gasteiger partial charge in [0.05, 0.1) is 24.9 Å². The van der Waals surface area contributed by atoms with E-state index in [0.717, 1.165) is 0 Å². The molecular weight excluding hydrogens is 247 g/mol. The third kappa shape index (κ3) is 4.48. The van der Waals surface area contributed by atoms with E-state index < -0.39 is 19.2 Å². The maximum Gasteiger partial charge on any atom is 0.392 e. The second-order valence-corrected chi connectivity index (χ2v) is 4.11. The minimum Gasteiger partial charge on any atom is -0.490 e. The molecule has 0 unspecified atom stereocenters. The van der Waals surface area contributed by atoms with Gasteiger partial charge in [-0.3, -0.25) is 0 Å². The van der Waals surface area contributed by atoms with Crippen LogP contribution in [0.5, 0.6) is 5.75 Å². The second kappa shape index (κ2) is 5.99. The summed E-state index contributed by atoms with van der Waals surface area (Å²) in [5, 5.41) is 0. The van der Waals surface area contributed by atoms with E-state index in [4.69, 9.17) is 10.5 Å².